The molecular formula is C21H25ClN4O2. The highest BCUT2D eigenvalue weighted by Gasteiger charge is 2.23. The Labute approximate surface area is 169 Å². The molecule has 148 valence electrons. The maximum Gasteiger partial charge on any atom is 0.220 e. The molecule has 6 nitrogen and oxygen atoms in total. The molecule has 0 radical (unpaired) electrons. The third kappa shape index (κ3) is 4.81. The molecule has 28 heavy (non-hydrogen) atoms. The van der Waals surface area contributed by atoms with Crippen LogP contribution in [0.3, 0.4) is 0 Å². The van der Waals surface area contributed by atoms with Gasteiger partial charge in [0.15, 0.2) is 11.5 Å². The number of aromatic nitrogens is 3. The second-order valence-electron chi connectivity index (χ2n) is 7.14. The van der Waals surface area contributed by atoms with Gasteiger partial charge in [-0.05, 0) is 55.2 Å². The number of hydrogen-bond donors (Lipinski definition) is 1. The zero-order valence-electron chi connectivity index (χ0n) is 16.4. The van der Waals surface area contributed by atoms with E-state index < -0.39 is 0 Å². The molecule has 0 saturated carbocycles. The van der Waals surface area contributed by atoms with E-state index in [4.69, 9.17) is 16.3 Å². The van der Waals surface area contributed by atoms with E-state index in [1.54, 1.807) is 6.07 Å². The minimum absolute atomic E-state index is 0.0252. The quantitative estimate of drug-likeness (QED) is 0.570. The summed E-state index contributed by atoms with van der Waals surface area (Å²) in [5, 5.41) is 12.2. The Morgan fingerprint density at radius 3 is 2.82 bits per heavy atom. The molecule has 0 aliphatic heterocycles. The molecule has 0 aliphatic rings. The SMILES string of the molecule is Cc1cc(Cl)ccc1OCCCC(=O)N[C@H](c1nnc2ccccn12)C(C)C. The number of hydrogen-bond acceptors (Lipinski definition) is 4. The molecule has 1 aromatic carbocycles. The molecule has 0 aliphatic carbocycles. The zero-order valence-corrected chi connectivity index (χ0v) is 17.1. The van der Waals surface area contributed by atoms with Crippen molar-refractivity contribution in [3.63, 3.8) is 0 Å². The Bertz CT molecular complexity index is 954. The fourth-order valence-electron chi connectivity index (χ4n) is 3.04. The fraction of sp³-hybridized carbons (Fsp3) is 0.381. The number of amides is 1. The molecule has 1 atom stereocenters. The van der Waals surface area contributed by atoms with Crippen LogP contribution in [-0.2, 0) is 4.79 Å². The predicted octanol–water partition coefficient (Wildman–Crippen LogP) is 4.36. The summed E-state index contributed by atoms with van der Waals surface area (Å²) in [7, 11) is 0. The topological polar surface area (TPSA) is 68.5 Å². The van der Waals surface area contributed by atoms with E-state index in [1.165, 1.54) is 0 Å². The van der Waals surface area contributed by atoms with Crippen LogP contribution in [-0.4, -0.2) is 27.1 Å². The molecule has 0 saturated heterocycles. The van der Waals surface area contributed by atoms with E-state index in [9.17, 15) is 4.79 Å². The van der Waals surface area contributed by atoms with Crippen LogP contribution in [0.15, 0.2) is 42.6 Å². The van der Waals surface area contributed by atoms with Crippen molar-refractivity contribution in [2.24, 2.45) is 5.92 Å². The highest BCUT2D eigenvalue weighted by Crippen LogP contribution is 2.23. The largest absolute Gasteiger partial charge is 0.493 e. The first-order valence-electron chi connectivity index (χ1n) is 9.43. The van der Waals surface area contributed by atoms with Crippen molar-refractivity contribution in [3.8, 4) is 5.75 Å². The number of fused-ring (bicyclic) bond motifs is 1. The Hall–Kier alpha value is -2.60. The number of aryl methyl sites for hydroxylation is 1. The van der Waals surface area contributed by atoms with Gasteiger partial charge in [0.25, 0.3) is 0 Å². The average molecular weight is 401 g/mol. The van der Waals surface area contributed by atoms with Crippen LogP contribution in [0.2, 0.25) is 5.02 Å². The van der Waals surface area contributed by atoms with Gasteiger partial charge in [0, 0.05) is 17.6 Å². The maximum absolute atomic E-state index is 12.5. The number of carbonyl (C=O) groups is 1. The second kappa shape index (κ2) is 9.06. The summed E-state index contributed by atoms with van der Waals surface area (Å²) >= 11 is 5.95. The molecule has 0 fully saturated rings. The maximum atomic E-state index is 12.5. The molecule has 0 spiro atoms. The number of rotatable bonds is 8. The lowest BCUT2D eigenvalue weighted by atomic mass is 10.0. The van der Waals surface area contributed by atoms with Gasteiger partial charge in [-0.15, -0.1) is 10.2 Å². The van der Waals surface area contributed by atoms with Crippen molar-refractivity contribution in [1.82, 2.24) is 19.9 Å². The smallest absolute Gasteiger partial charge is 0.220 e. The fourth-order valence-corrected chi connectivity index (χ4v) is 3.26. The zero-order chi connectivity index (χ0) is 20.1. The van der Waals surface area contributed by atoms with Gasteiger partial charge < -0.3 is 10.1 Å². The van der Waals surface area contributed by atoms with Crippen LogP contribution in [0.4, 0.5) is 0 Å². The number of halogens is 1. The van der Waals surface area contributed by atoms with E-state index in [1.807, 2.05) is 47.9 Å². The number of benzene rings is 1. The average Bonchev–Trinajstić information content (AvgIpc) is 3.08. The van der Waals surface area contributed by atoms with Gasteiger partial charge in [-0.25, -0.2) is 0 Å². The summed E-state index contributed by atoms with van der Waals surface area (Å²) in [4.78, 5) is 12.5. The number of nitrogens with one attached hydrogen (secondary N) is 1. The molecule has 2 aromatic heterocycles. The van der Waals surface area contributed by atoms with Gasteiger partial charge >= 0.3 is 0 Å². The number of ether oxygens (including phenoxy) is 1. The molecular weight excluding hydrogens is 376 g/mol. The lowest BCUT2D eigenvalue weighted by Crippen LogP contribution is -2.33. The van der Waals surface area contributed by atoms with Gasteiger partial charge in [-0.2, -0.15) is 0 Å². The van der Waals surface area contributed by atoms with Gasteiger partial charge in [0.1, 0.15) is 5.75 Å². The van der Waals surface area contributed by atoms with Crippen LogP contribution >= 0.6 is 11.6 Å². The number of pyridine rings is 1. The predicted molar refractivity (Wildman–Crippen MR) is 110 cm³/mol. The van der Waals surface area contributed by atoms with E-state index in [0.29, 0.717) is 24.5 Å². The monoisotopic (exact) mass is 400 g/mol. The lowest BCUT2D eigenvalue weighted by molar-refractivity contribution is -0.122. The Morgan fingerprint density at radius 1 is 1.25 bits per heavy atom. The summed E-state index contributed by atoms with van der Waals surface area (Å²) in [5.41, 5.74) is 1.75. The molecule has 0 bridgehead atoms. The van der Waals surface area contributed by atoms with Crippen LogP contribution in [0.5, 0.6) is 5.75 Å². The van der Waals surface area contributed by atoms with Crippen molar-refractivity contribution in [2.45, 2.75) is 39.7 Å². The first-order chi connectivity index (χ1) is 13.5. The molecule has 1 amide bonds. The standard InChI is InChI=1S/C21H25ClN4O2/c1-14(2)20(21-25-24-18-7-4-5-11-26(18)21)23-19(27)8-6-12-28-17-10-9-16(22)13-15(17)3/h4-5,7,9-11,13-14,20H,6,8,12H2,1-3H3,(H,23,27)/t20-/m0/s1. The van der Waals surface area contributed by atoms with E-state index in [2.05, 4.69) is 29.4 Å². The van der Waals surface area contributed by atoms with Crippen molar-refractivity contribution in [2.75, 3.05) is 6.61 Å². The normalized spacial score (nSPS) is 12.3. The summed E-state index contributed by atoms with van der Waals surface area (Å²) in [5.74, 6) is 1.69. The number of nitrogens with zero attached hydrogens (tertiary/aromatic N) is 3. The van der Waals surface area contributed by atoms with Crippen molar-refractivity contribution in [1.29, 1.82) is 0 Å². The van der Waals surface area contributed by atoms with Crippen LogP contribution < -0.4 is 10.1 Å². The van der Waals surface area contributed by atoms with Gasteiger partial charge in [-0.3, -0.25) is 9.20 Å². The van der Waals surface area contributed by atoms with E-state index in [0.717, 1.165) is 22.8 Å². The minimum atomic E-state index is -0.204. The van der Waals surface area contributed by atoms with E-state index in [-0.39, 0.29) is 17.9 Å². The van der Waals surface area contributed by atoms with Crippen molar-refractivity contribution in [3.05, 3.63) is 59.0 Å². The van der Waals surface area contributed by atoms with Gasteiger partial charge in [-0.1, -0.05) is 31.5 Å². The Kier molecular flexibility index (Phi) is 6.52. The summed E-state index contributed by atoms with van der Waals surface area (Å²) in [6, 6.07) is 11.0. The minimum Gasteiger partial charge on any atom is -0.493 e. The second-order valence-corrected chi connectivity index (χ2v) is 7.57. The van der Waals surface area contributed by atoms with Crippen LogP contribution in [0.1, 0.15) is 44.1 Å². The van der Waals surface area contributed by atoms with Crippen LogP contribution in [0.25, 0.3) is 5.65 Å². The molecule has 2 heterocycles. The number of carbonyl (C=O) groups excluding carboxylic acids is 1. The van der Waals surface area contributed by atoms with Crippen molar-refractivity contribution >= 4 is 23.2 Å². The summed E-state index contributed by atoms with van der Waals surface area (Å²) < 4.78 is 7.67. The van der Waals surface area contributed by atoms with Gasteiger partial charge in [0.05, 0.1) is 12.6 Å². The molecule has 0 unspecified atom stereocenters. The summed E-state index contributed by atoms with van der Waals surface area (Å²) in [6.07, 6.45) is 2.92. The Balaban J connectivity index is 1.55. The van der Waals surface area contributed by atoms with E-state index >= 15 is 0 Å². The Morgan fingerprint density at radius 2 is 2.07 bits per heavy atom. The molecule has 7 heteroatoms. The van der Waals surface area contributed by atoms with Crippen molar-refractivity contribution < 1.29 is 9.53 Å². The third-order valence-electron chi connectivity index (χ3n) is 4.54. The first kappa shape index (κ1) is 20.1. The molecule has 1 N–H and O–H groups in total. The highest BCUT2D eigenvalue weighted by atomic mass is 35.5. The summed E-state index contributed by atoms with van der Waals surface area (Å²) in [6.45, 7) is 6.53. The third-order valence-corrected chi connectivity index (χ3v) is 4.78. The van der Waals surface area contributed by atoms with Gasteiger partial charge in [0.2, 0.25) is 5.91 Å². The lowest BCUT2D eigenvalue weighted by Gasteiger charge is -2.21. The molecule has 3 aromatic rings. The highest BCUT2D eigenvalue weighted by molar-refractivity contribution is 6.30. The molecule has 3 rings (SSSR count). The first-order valence-corrected chi connectivity index (χ1v) is 9.81. The van der Waals surface area contributed by atoms with Crippen LogP contribution in [0, 0.1) is 12.8 Å².